The first kappa shape index (κ1) is 14.8. The van der Waals surface area contributed by atoms with Gasteiger partial charge in [0, 0.05) is 44.3 Å². The van der Waals surface area contributed by atoms with Crippen LogP contribution in [0, 0.1) is 17.1 Å². The number of hydrogen-bond donors (Lipinski definition) is 1. The highest BCUT2D eigenvalue weighted by Crippen LogP contribution is 2.21. The molecule has 6 heteroatoms. The Morgan fingerprint density at radius 3 is 2.73 bits per heavy atom. The van der Waals surface area contributed by atoms with Crippen molar-refractivity contribution in [2.24, 2.45) is 0 Å². The summed E-state index contributed by atoms with van der Waals surface area (Å²) in [5, 5.41) is 11.7. The van der Waals surface area contributed by atoms with Crippen molar-refractivity contribution < 1.29 is 9.18 Å². The van der Waals surface area contributed by atoms with Crippen molar-refractivity contribution in [3.63, 3.8) is 0 Å². The molecule has 0 unspecified atom stereocenters. The number of piperidine rings is 1. The number of urea groups is 1. The summed E-state index contributed by atoms with van der Waals surface area (Å²) in [6.07, 6.45) is 1.82. The average molecular weight is 302 g/mol. The van der Waals surface area contributed by atoms with E-state index in [4.69, 9.17) is 5.26 Å². The van der Waals surface area contributed by atoms with Crippen molar-refractivity contribution in [2.75, 3.05) is 26.2 Å². The Morgan fingerprint density at radius 2 is 2.09 bits per heavy atom. The Balaban J connectivity index is 1.58. The maximum Gasteiger partial charge on any atom is 0.317 e. The summed E-state index contributed by atoms with van der Waals surface area (Å²) >= 11 is 0. The quantitative estimate of drug-likeness (QED) is 0.924. The third kappa shape index (κ3) is 3.04. The van der Waals surface area contributed by atoms with Crippen LogP contribution in [0.15, 0.2) is 18.2 Å². The largest absolute Gasteiger partial charge is 0.336 e. The van der Waals surface area contributed by atoms with Crippen LogP contribution in [0.25, 0.3) is 0 Å². The van der Waals surface area contributed by atoms with E-state index in [1.54, 1.807) is 6.07 Å². The van der Waals surface area contributed by atoms with E-state index in [0.717, 1.165) is 39.0 Å². The Kier molecular flexibility index (Phi) is 4.25. The Hall–Kier alpha value is -2.13. The fourth-order valence-electron chi connectivity index (χ4n) is 3.23. The molecule has 0 aliphatic carbocycles. The third-order valence-electron chi connectivity index (χ3n) is 4.46. The number of nitriles is 1. The van der Waals surface area contributed by atoms with E-state index in [2.05, 4.69) is 10.2 Å². The highest BCUT2D eigenvalue weighted by atomic mass is 19.1. The van der Waals surface area contributed by atoms with Gasteiger partial charge in [0.25, 0.3) is 0 Å². The predicted octanol–water partition coefficient (Wildman–Crippen LogP) is 1.69. The molecule has 2 aliphatic heterocycles. The molecule has 2 saturated heterocycles. The van der Waals surface area contributed by atoms with Crippen LogP contribution in [0.2, 0.25) is 0 Å². The van der Waals surface area contributed by atoms with Gasteiger partial charge in [-0.15, -0.1) is 0 Å². The van der Waals surface area contributed by atoms with Crippen LogP contribution in [-0.4, -0.2) is 48.1 Å². The summed E-state index contributed by atoms with van der Waals surface area (Å²) in [5.74, 6) is -0.264. The molecular formula is C16H19FN4O. The monoisotopic (exact) mass is 302 g/mol. The van der Waals surface area contributed by atoms with Crippen molar-refractivity contribution in [3.8, 4) is 6.07 Å². The van der Waals surface area contributed by atoms with E-state index >= 15 is 0 Å². The lowest BCUT2D eigenvalue weighted by Crippen LogP contribution is -2.45. The topological polar surface area (TPSA) is 59.4 Å². The van der Waals surface area contributed by atoms with Crippen LogP contribution in [-0.2, 0) is 6.54 Å². The van der Waals surface area contributed by atoms with E-state index in [9.17, 15) is 9.18 Å². The van der Waals surface area contributed by atoms with E-state index < -0.39 is 0 Å². The van der Waals surface area contributed by atoms with Crippen molar-refractivity contribution >= 4 is 6.03 Å². The second-order valence-corrected chi connectivity index (χ2v) is 5.85. The molecule has 3 rings (SSSR count). The maximum absolute atomic E-state index is 13.8. The van der Waals surface area contributed by atoms with Gasteiger partial charge in [0.15, 0.2) is 0 Å². The molecule has 0 atom stereocenters. The first-order valence-corrected chi connectivity index (χ1v) is 7.63. The molecule has 1 aromatic carbocycles. The molecule has 2 aliphatic rings. The van der Waals surface area contributed by atoms with Crippen LogP contribution < -0.4 is 5.32 Å². The minimum absolute atomic E-state index is 0.0335. The van der Waals surface area contributed by atoms with Crippen molar-refractivity contribution in [3.05, 3.63) is 35.1 Å². The zero-order chi connectivity index (χ0) is 15.5. The number of carbonyl (C=O) groups excluding carboxylic acids is 1. The number of rotatable bonds is 3. The zero-order valence-corrected chi connectivity index (χ0v) is 12.4. The van der Waals surface area contributed by atoms with Crippen molar-refractivity contribution in [1.29, 1.82) is 5.26 Å². The first-order chi connectivity index (χ1) is 10.7. The highest BCUT2D eigenvalue weighted by molar-refractivity contribution is 5.76. The second-order valence-electron chi connectivity index (χ2n) is 5.85. The fraction of sp³-hybridized carbons (Fsp3) is 0.500. The van der Waals surface area contributed by atoms with Gasteiger partial charge in [0.05, 0.1) is 11.6 Å². The molecule has 2 amide bonds. The SMILES string of the molecule is N#Cc1ccc(F)c(CN2CCC(N3CCNC3=O)CC2)c1. The summed E-state index contributed by atoms with van der Waals surface area (Å²) in [6.45, 7) is 3.70. The Labute approximate surface area is 129 Å². The van der Waals surface area contributed by atoms with E-state index in [0.29, 0.717) is 17.7 Å². The average Bonchev–Trinajstić information content (AvgIpc) is 2.96. The third-order valence-corrected chi connectivity index (χ3v) is 4.46. The smallest absolute Gasteiger partial charge is 0.317 e. The molecule has 22 heavy (non-hydrogen) atoms. The van der Waals surface area contributed by atoms with Gasteiger partial charge in [0.2, 0.25) is 0 Å². The van der Waals surface area contributed by atoms with Gasteiger partial charge in [0.1, 0.15) is 5.82 Å². The molecule has 1 aromatic rings. The van der Waals surface area contributed by atoms with Crippen LogP contribution in [0.3, 0.4) is 0 Å². The van der Waals surface area contributed by atoms with E-state index in [1.807, 2.05) is 11.0 Å². The number of benzene rings is 1. The number of nitrogens with one attached hydrogen (secondary N) is 1. The molecule has 2 fully saturated rings. The standard InChI is InChI=1S/C16H19FN4O/c17-15-2-1-12(10-18)9-13(15)11-20-6-3-14(4-7-20)21-8-5-19-16(21)22/h1-2,9,14H,3-8,11H2,(H,19,22). The molecule has 0 spiro atoms. The van der Waals surface area contributed by atoms with Crippen LogP contribution >= 0.6 is 0 Å². The summed E-state index contributed by atoms with van der Waals surface area (Å²) < 4.78 is 13.8. The first-order valence-electron chi connectivity index (χ1n) is 7.63. The molecule has 0 bridgehead atoms. The highest BCUT2D eigenvalue weighted by Gasteiger charge is 2.30. The van der Waals surface area contributed by atoms with Crippen LogP contribution in [0.1, 0.15) is 24.0 Å². The lowest BCUT2D eigenvalue weighted by atomic mass is 10.0. The number of likely N-dealkylation sites (tertiary alicyclic amines) is 1. The molecule has 5 nitrogen and oxygen atoms in total. The number of nitrogens with zero attached hydrogens (tertiary/aromatic N) is 3. The van der Waals surface area contributed by atoms with Crippen molar-refractivity contribution in [1.82, 2.24) is 15.1 Å². The minimum atomic E-state index is -0.264. The van der Waals surface area contributed by atoms with Gasteiger partial charge in [-0.05, 0) is 31.0 Å². The lowest BCUT2D eigenvalue weighted by molar-refractivity contribution is 0.131. The number of carbonyl (C=O) groups is 1. The van der Waals surface area contributed by atoms with Crippen LogP contribution in [0.4, 0.5) is 9.18 Å². The predicted molar refractivity (Wildman–Crippen MR) is 79.5 cm³/mol. The number of amides is 2. The molecule has 116 valence electrons. The zero-order valence-electron chi connectivity index (χ0n) is 12.4. The van der Waals surface area contributed by atoms with Gasteiger partial charge in [-0.1, -0.05) is 0 Å². The van der Waals surface area contributed by atoms with E-state index in [-0.39, 0.29) is 17.9 Å². The van der Waals surface area contributed by atoms with Gasteiger partial charge in [-0.25, -0.2) is 9.18 Å². The minimum Gasteiger partial charge on any atom is -0.336 e. The number of hydrogen-bond acceptors (Lipinski definition) is 3. The van der Waals surface area contributed by atoms with Gasteiger partial charge >= 0.3 is 6.03 Å². The van der Waals surface area contributed by atoms with Crippen LogP contribution in [0.5, 0.6) is 0 Å². The summed E-state index contributed by atoms with van der Waals surface area (Å²) in [5.41, 5.74) is 1.05. The molecule has 0 aromatic heterocycles. The molecule has 0 radical (unpaired) electrons. The summed E-state index contributed by atoms with van der Waals surface area (Å²) in [7, 11) is 0. The molecular weight excluding hydrogens is 283 g/mol. The van der Waals surface area contributed by atoms with Gasteiger partial charge in [-0.3, -0.25) is 4.90 Å². The Bertz CT molecular complexity index is 605. The fourth-order valence-corrected chi connectivity index (χ4v) is 3.23. The lowest BCUT2D eigenvalue weighted by Gasteiger charge is -2.36. The van der Waals surface area contributed by atoms with Gasteiger partial charge < -0.3 is 10.2 Å². The second kappa shape index (κ2) is 6.32. The maximum atomic E-state index is 13.8. The Morgan fingerprint density at radius 1 is 1.32 bits per heavy atom. The van der Waals surface area contributed by atoms with E-state index in [1.165, 1.54) is 12.1 Å². The summed E-state index contributed by atoms with van der Waals surface area (Å²) in [6, 6.07) is 6.84. The molecule has 0 saturated carbocycles. The van der Waals surface area contributed by atoms with Crippen molar-refractivity contribution in [2.45, 2.75) is 25.4 Å². The normalized spacial score (nSPS) is 20.0. The summed E-state index contributed by atoms with van der Waals surface area (Å²) in [4.78, 5) is 15.8. The van der Waals surface area contributed by atoms with Gasteiger partial charge in [-0.2, -0.15) is 5.26 Å². The molecule has 2 heterocycles. The number of halogens is 1. The molecule has 1 N–H and O–H groups in total.